The van der Waals surface area contributed by atoms with E-state index in [4.69, 9.17) is 18.9 Å². The highest BCUT2D eigenvalue weighted by Crippen LogP contribution is 2.40. The monoisotopic (exact) mass is 435 g/mol. The van der Waals surface area contributed by atoms with Crippen molar-refractivity contribution in [3.05, 3.63) is 12.1 Å². The van der Waals surface area contributed by atoms with Crippen molar-refractivity contribution in [2.24, 2.45) is 11.8 Å². The Kier molecular flexibility index (Phi) is 7.21. The molecule has 2 aliphatic rings. The molecule has 0 aromatic heterocycles. The molecule has 31 heavy (non-hydrogen) atoms. The van der Waals surface area contributed by atoms with Crippen LogP contribution in [0.15, 0.2) is 12.1 Å². The lowest BCUT2D eigenvalue weighted by molar-refractivity contribution is -0.138. The summed E-state index contributed by atoms with van der Waals surface area (Å²) in [5, 5.41) is 5.77. The Morgan fingerprint density at radius 1 is 1.10 bits per heavy atom. The third-order valence-electron chi connectivity index (χ3n) is 5.81. The van der Waals surface area contributed by atoms with Crippen LogP contribution >= 0.6 is 0 Å². The molecule has 1 aromatic carbocycles. The van der Waals surface area contributed by atoms with Crippen LogP contribution < -0.4 is 24.8 Å². The number of benzene rings is 1. The molecule has 2 fully saturated rings. The summed E-state index contributed by atoms with van der Waals surface area (Å²) < 4.78 is 20.9. The lowest BCUT2D eigenvalue weighted by Crippen LogP contribution is -2.62. The van der Waals surface area contributed by atoms with Crippen molar-refractivity contribution in [2.75, 3.05) is 46.9 Å². The minimum atomic E-state index is -0.436. The van der Waals surface area contributed by atoms with E-state index in [-0.39, 0.29) is 42.8 Å². The zero-order chi connectivity index (χ0) is 22.5. The van der Waals surface area contributed by atoms with Crippen LogP contribution in [0.4, 0.5) is 10.5 Å². The van der Waals surface area contributed by atoms with Crippen LogP contribution in [0.25, 0.3) is 0 Å². The summed E-state index contributed by atoms with van der Waals surface area (Å²) in [5.41, 5.74) is 0.510. The summed E-state index contributed by atoms with van der Waals surface area (Å²) in [6, 6.07) is 2.52. The van der Waals surface area contributed by atoms with Crippen molar-refractivity contribution in [3.63, 3.8) is 0 Å². The second kappa shape index (κ2) is 9.86. The molecule has 3 rings (SSSR count). The van der Waals surface area contributed by atoms with E-state index in [2.05, 4.69) is 10.6 Å². The highest BCUT2D eigenvalue weighted by atomic mass is 16.5. The number of methoxy groups -OCH3 is 4. The Bertz CT molecular complexity index is 819. The Hall–Kier alpha value is -3.01. The average Bonchev–Trinajstić information content (AvgIpc) is 2.77. The molecule has 0 bridgehead atoms. The third kappa shape index (κ3) is 4.68. The number of carbonyl (C=O) groups is 3. The summed E-state index contributed by atoms with van der Waals surface area (Å²) in [6.07, 6.45) is 1.48. The number of fused-ring (bicyclic) bond motifs is 1. The molecular formula is C21H29N3O7. The maximum Gasteiger partial charge on any atom is 0.324 e. The van der Waals surface area contributed by atoms with Gasteiger partial charge >= 0.3 is 6.03 Å². The molecule has 3 unspecified atom stereocenters. The van der Waals surface area contributed by atoms with Gasteiger partial charge in [0.2, 0.25) is 17.6 Å². The lowest BCUT2D eigenvalue weighted by Gasteiger charge is -2.41. The van der Waals surface area contributed by atoms with E-state index in [1.165, 1.54) is 33.3 Å². The van der Waals surface area contributed by atoms with Crippen LogP contribution in [0.1, 0.15) is 19.3 Å². The SMILES string of the molecule is COCCN1C(=O)NC2CC(C(=O)Nc3cc(OC)c(OC)c(OC)c3)CCC2C1=O. The van der Waals surface area contributed by atoms with Crippen molar-refractivity contribution < 1.29 is 33.3 Å². The molecule has 3 atom stereocenters. The summed E-state index contributed by atoms with van der Waals surface area (Å²) >= 11 is 0. The van der Waals surface area contributed by atoms with Gasteiger partial charge in [-0.2, -0.15) is 0 Å². The Morgan fingerprint density at radius 2 is 1.77 bits per heavy atom. The number of anilines is 1. The summed E-state index contributed by atoms with van der Waals surface area (Å²) in [4.78, 5) is 39.2. The van der Waals surface area contributed by atoms with E-state index in [1.807, 2.05) is 0 Å². The normalized spacial score (nSPS) is 23.0. The number of imide groups is 1. The zero-order valence-electron chi connectivity index (χ0n) is 18.2. The minimum Gasteiger partial charge on any atom is -0.493 e. The van der Waals surface area contributed by atoms with Crippen LogP contribution in [-0.2, 0) is 14.3 Å². The van der Waals surface area contributed by atoms with Gasteiger partial charge in [-0.15, -0.1) is 0 Å². The fourth-order valence-corrected chi connectivity index (χ4v) is 4.19. The van der Waals surface area contributed by atoms with Gasteiger partial charge in [0.05, 0.1) is 40.4 Å². The smallest absolute Gasteiger partial charge is 0.324 e. The van der Waals surface area contributed by atoms with Gasteiger partial charge in [0.15, 0.2) is 11.5 Å². The number of hydrogen-bond donors (Lipinski definition) is 2. The second-order valence-electron chi connectivity index (χ2n) is 7.56. The van der Waals surface area contributed by atoms with Crippen molar-refractivity contribution >= 4 is 23.5 Å². The number of nitrogens with zero attached hydrogens (tertiary/aromatic N) is 1. The van der Waals surface area contributed by atoms with Crippen LogP contribution in [0.2, 0.25) is 0 Å². The quantitative estimate of drug-likeness (QED) is 0.638. The number of rotatable bonds is 8. The molecule has 0 radical (unpaired) electrons. The van der Waals surface area contributed by atoms with E-state index in [1.54, 1.807) is 12.1 Å². The Labute approximate surface area is 181 Å². The molecular weight excluding hydrogens is 406 g/mol. The second-order valence-corrected chi connectivity index (χ2v) is 7.56. The van der Waals surface area contributed by atoms with Gasteiger partial charge in [-0.3, -0.25) is 14.5 Å². The van der Waals surface area contributed by atoms with Crippen LogP contribution in [0.5, 0.6) is 17.2 Å². The summed E-state index contributed by atoms with van der Waals surface area (Å²) in [7, 11) is 6.03. The molecule has 1 saturated heterocycles. The van der Waals surface area contributed by atoms with Crippen LogP contribution in [0, 0.1) is 11.8 Å². The van der Waals surface area contributed by atoms with Gasteiger partial charge in [-0.05, 0) is 19.3 Å². The molecule has 10 nitrogen and oxygen atoms in total. The summed E-state index contributed by atoms with van der Waals surface area (Å²) in [6.45, 7) is 0.506. The van der Waals surface area contributed by atoms with Crippen molar-refractivity contribution in [2.45, 2.75) is 25.3 Å². The number of hydrogen-bond acceptors (Lipinski definition) is 7. The highest BCUT2D eigenvalue weighted by Gasteiger charge is 2.45. The van der Waals surface area contributed by atoms with Gasteiger partial charge in [0, 0.05) is 36.9 Å². The topological polar surface area (TPSA) is 115 Å². The molecule has 0 spiro atoms. The van der Waals surface area contributed by atoms with E-state index < -0.39 is 6.03 Å². The maximum atomic E-state index is 12.9. The first kappa shape index (κ1) is 22.7. The number of urea groups is 1. The molecule has 1 aliphatic heterocycles. The van der Waals surface area contributed by atoms with Crippen LogP contribution in [-0.4, -0.2) is 70.4 Å². The first-order valence-corrected chi connectivity index (χ1v) is 10.1. The average molecular weight is 435 g/mol. The maximum absolute atomic E-state index is 12.9. The first-order chi connectivity index (χ1) is 14.9. The lowest BCUT2D eigenvalue weighted by atomic mass is 9.76. The third-order valence-corrected chi connectivity index (χ3v) is 5.81. The van der Waals surface area contributed by atoms with Gasteiger partial charge in [-0.1, -0.05) is 0 Å². The first-order valence-electron chi connectivity index (χ1n) is 10.1. The van der Waals surface area contributed by atoms with Crippen molar-refractivity contribution in [3.8, 4) is 17.2 Å². The predicted octanol–water partition coefficient (Wildman–Crippen LogP) is 1.63. The largest absolute Gasteiger partial charge is 0.493 e. The van der Waals surface area contributed by atoms with Gasteiger partial charge in [-0.25, -0.2) is 4.79 Å². The highest BCUT2D eigenvalue weighted by molar-refractivity contribution is 5.99. The molecule has 170 valence electrons. The van der Waals surface area contributed by atoms with Gasteiger partial charge in [0.1, 0.15) is 0 Å². The van der Waals surface area contributed by atoms with E-state index in [9.17, 15) is 14.4 Å². The molecule has 1 saturated carbocycles. The van der Waals surface area contributed by atoms with Gasteiger partial charge < -0.3 is 29.6 Å². The number of amides is 4. The standard InChI is InChI=1S/C21H29N3O7/c1-28-8-7-24-20(26)14-6-5-12(9-15(14)23-21(24)27)19(25)22-13-10-16(29-2)18(31-4)17(11-13)30-3/h10-12,14-15H,5-9H2,1-4H3,(H,22,25)(H,23,27). The van der Waals surface area contributed by atoms with E-state index in [0.29, 0.717) is 42.2 Å². The zero-order valence-corrected chi connectivity index (χ0v) is 18.2. The molecule has 2 N–H and O–H groups in total. The molecule has 10 heteroatoms. The number of nitrogens with one attached hydrogen (secondary N) is 2. The fraction of sp³-hybridized carbons (Fsp3) is 0.571. The molecule has 1 heterocycles. The fourth-order valence-electron chi connectivity index (χ4n) is 4.19. The van der Waals surface area contributed by atoms with Crippen molar-refractivity contribution in [1.82, 2.24) is 10.2 Å². The summed E-state index contributed by atoms with van der Waals surface area (Å²) in [5.74, 6) is 0.263. The van der Waals surface area contributed by atoms with Gasteiger partial charge in [0.25, 0.3) is 0 Å². The minimum absolute atomic E-state index is 0.184. The van der Waals surface area contributed by atoms with E-state index >= 15 is 0 Å². The molecule has 1 aliphatic carbocycles. The number of carbonyl (C=O) groups excluding carboxylic acids is 3. The molecule has 1 aromatic rings. The van der Waals surface area contributed by atoms with E-state index in [0.717, 1.165) is 0 Å². The number of ether oxygens (including phenoxy) is 4. The van der Waals surface area contributed by atoms with Crippen molar-refractivity contribution in [1.29, 1.82) is 0 Å². The van der Waals surface area contributed by atoms with Crippen LogP contribution in [0.3, 0.4) is 0 Å². The Balaban J connectivity index is 1.68. The Morgan fingerprint density at radius 3 is 2.35 bits per heavy atom. The molecule has 4 amide bonds. The predicted molar refractivity (Wildman–Crippen MR) is 111 cm³/mol.